The Morgan fingerprint density at radius 3 is 2.85 bits per heavy atom. The molecular formula is C19H14BrN6O7P. The molecule has 6 rings (SSSR count). The number of phosphoric ester groups is 1. The molecule has 2 aliphatic heterocycles. The number of hydrogen-bond donors (Lipinski definition) is 2. The van der Waals surface area contributed by atoms with Crippen molar-refractivity contribution in [2.75, 3.05) is 6.61 Å². The van der Waals surface area contributed by atoms with Crippen molar-refractivity contribution in [1.82, 2.24) is 23.9 Å². The molecule has 3 unspecified atom stereocenters. The number of H-pyrrole nitrogens is 1. The second-order valence-corrected chi connectivity index (χ2v) is 9.80. The lowest BCUT2D eigenvalue weighted by Gasteiger charge is -2.34. The number of aliphatic hydroxyl groups is 1. The van der Waals surface area contributed by atoms with Gasteiger partial charge in [0.2, 0.25) is 5.78 Å². The number of halogens is 1. The fourth-order valence-corrected chi connectivity index (χ4v) is 5.63. The molecule has 4 aromatic rings. The van der Waals surface area contributed by atoms with Crippen LogP contribution in [0, 0.1) is 6.57 Å². The molecule has 0 radical (unpaired) electrons. The fourth-order valence-electron chi connectivity index (χ4n) is 4.13. The van der Waals surface area contributed by atoms with Crippen LogP contribution >= 0.6 is 23.8 Å². The molecule has 5 atom stereocenters. The highest BCUT2D eigenvalue weighted by molar-refractivity contribution is 9.10. The van der Waals surface area contributed by atoms with Gasteiger partial charge in [-0.25, -0.2) is 14.2 Å². The first kappa shape index (κ1) is 21.6. The van der Waals surface area contributed by atoms with Gasteiger partial charge in [-0.1, -0.05) is 24.3 Å². The van der Waals surface area contributed by atoms with E-state index in [2.05, 4.69) is 40.3 Å². The Labute approximate surface area is 199 Å². The zero-order valence-corrected chi connectivity index (χ0v) is 19.3. The molecule has 0 amide bonds. The standard InChI is InChI=1S/C19H14BrN6O7P/c1-21-9-4-2-8(3-5-9)10-6-25-16(28)12-15(24-19(25)22-10)26(18(20)23-12)17-13(27)14-11(32-17)7-31-34(29,30)33-14/h2-6,11,13-14,17,27H,7H2,(H,22,24)(H,29,30)/t11?,13?,14-,17-/m1/s1. The molecule has 1 aromatic carbocycles. The Kier molecular flexibility index (Phi) is 4.81. The number of aromatic amines is 1. The quantitative estimate of drug-likeness (QED) is 0.215. The van der Waals surface area contributed by atoms with Gasteiger partial charge < -0.3 is 28.8 Å². The van der Waals surface area contributed by atoms with Crippen molar-refractivity contribution in [3.63, 3.8) is 0 Å². The average Bonchev–Trinajstić information content (AvgIpc) is 3.48. The van der Waals surface area contributed by atoms with Crippen molar-refractivity contribution in [1.29, 1.82) is 0 Å². The van der Waals surface area contributed by atoms with Crippen LogP contribution in [0.5, 0.6) is 0 Å². The Bertz CT molecular complexity index is 1610. The summed E-state index contributed by atoms with van der Waals surface area (Å²) in [6.45, 7) is 6.76. The van der Waals surface area contributed by atoms with Gasteiger partial charge in [0, 0.05) is 6.20 Å². The van der Waals surface area contributed by atoms with Crippen LogP contribution in [-0.2, 0) is 18.3 Å². The van der Waals surface area contributed by atoms with E-state index < -0.39 is 37.9 Å². The minimum Gasteiger partial charge on any atom is -0.756 e. The van der Waals surface area contributed by atoms with Crippen molar-refractivity contribution in [2.24, 2.45) is 0 Å². The van der Waals surface area contributed by atoms with Crippen LogP contribution in [0.15, 0.2) is 40.0 Å². The van der Waals surface area contributed by atoms with Gasteiger partial charge in [0.25, 0.3) is 13.4 Å². The van der Waals surface area contributed by atoms with E-state index in [1.54, 1.807) is 30.5 Å². The highest BCUT2D eigenvalue weighted by Crippen LogP contribution is 2.50. The molecule has 2 fully saturated rings. The summed E-state index contributed by atoms with van der Waals surface area (Å²) in [5.74, 6) is 0.212. The van der Waals surface area contributed by atoms with Gasteiger partial charge in [0.1, 0.15) is 18.3 Å². The summed E-state index contributed by atoms with van der Waals surface area (Å²) in [5, 5.41) is 10.8. The lowest BCUT2D eigenvalue weighted by atomic mass is 10.1. The van der Waals surface area contributed by atoms with Crippen molar-refractivity contribution in [3.05, 3.63) is 57.0 Å². The number of hydrogen-bond acceptors (Lipinski definition) is 9. The van der Waals surface area contributed by atoms with E-state index in [4.69, 9.17) is 15.8 Å². The van der Waals surface area contributed by atoms with Gasteiger partial charge in [-0.05, 0) is 21.5 Å². The topological polar surface area (TPSA) is 160 Å². The molecule has 2 aliphatic rings. The molecule has 174 valence electrons. The summed E-state index contributed by atoms with van der Waals surface area (Å²) in [6, 6.07) is 6.83. The van der Waals surface area contributed by atoms with E-state index in [0.29, 0.717) is 11.4 Å². The zero-order valence-electron chi connectivity index (χ0n) is 17.9. The Morgan fingerprint density at radius 2 is 2.12 bits per heavy atom. The van der Waals surface area contributed by atoms with Gasteiger partial charge in [-0.3, -0.25) is 13.9 Å². The number of aliphatic hydroxyl groups excluding tert-OH is 1. The van der Waals surface area contributed by atoms with E-state index in [1.165, 1.54) is 8.97 Å². The fraction of sp³-hybridized carbons (Fsp3) is 0.263. The van der Waals surface area contributed by atoms with Crippen molar-refractivity contribution < 1.29 is 29.8 Å². The molecule has 2 saturated heterocycles. The van der Waals surface area contributed by atoms with Gasteiger partial charge in [0.05, 0.1) is 18.9 Å². The summed E-state index contributed by atoms with van der Waals surface area (Å²) >= 11 is 3.28. The molecule has 0 aliphatic carbocycles. The number of benzene rings is 1. The predicted octanol–water partition coefficient (Wildman–Crippen LogP) is 1.61. The number of phosphoric acid groups is 1. The minimum absolute atomic E-state index is 0. The van der Waals surface area contributed by atoms with Crippen LogP contribution in [0.25, 0.3) is 33.0 Å². The molecule has 0 bridgehead atoms. The number of ether oxygens (including phenoxy) is 1. The molecule has 3 aromatic heterocycles. The van der Waals surface area contributed by atoms with E-state index in [-0.39, 0.29) is 29.7 Å². The number of rotatable bonds is 2. The Morgan fingerprint density at radius 1 is 1.35 bits per heavy atom. The van der Waals surface area contributed by atoms with Crippen LogP contribution in [0.1, 0.15) is 7.65 Å². The van der Waals surface area contributed by atoms with Crippen LogP contribution in [-0.4, -0.2) is 53.9 Å². The first-order chi connectivity index (χ1) is 16.3. The van der Waals surface area contributed by atoms with E-state index >= 15 is 0 Å². The molecule has 0 spiro atoms. The van der Waals surface area contributed by atoms with E-state index in [1.807, 2.05) is 0 Å². The summed E-state index contributed by atoms with van der Waals surface area (Å²) in [4.78, 5) is 40.0. The molecule has 2 N–H and O–H groups in total. The van der Waals surface area contributed by atoms with Crippen molar-refractivity contribution in [3.8, 4) is 11.3 Å². The highest BCUT2D eigenvalue weighted by atomic mass is 79.9. The maximum absolute atomic E-state index is 13.2. The third-order valence-electron chi connectivity index (χ3n) is 5.73. The molecule has 13 nitrogen and oxygen atoms in total. The summed E-state index contributed by atoms with van der Waals surface area (Å²) < 4.78 is 29.9. The summed E-state index contributed by atoms with van der Waals surface area (Å²) in [6.07, 6.45) is -2.98. The maximum atomic E-state index is 13.2. The molecule has 0 saturated carbocycles. The average molecular weight is 549 g/mol. The summed E-state index contributed by atoms with van der Waals surface area (Å²) in [7, 11) is -4.55. The first-order valence-corrected chi connectivity index (χ1v) is 12.2. The Balaban J connectivity index is 0.00000253. The smallest absolute Gasteiger partial charge is 0.756 e. The molecule has 34 heavy (non-hydrogen) atoms. The molecular weight excluding hydrogens is 535 g/mol. The zero-order chi connectivity index (χ0) is 23.8. The third-order valence-corrected chi connectivity index (χ3v) is 7.25. The Hall–Kier alpha value is -2.89. The number of aromatic nitrogens is 5. The van der Waals surface area contributed by atoms with Gasteiger partial charge in [-0.15, -0.1) is 0 Å². The minimum atomic E-state index is -4.55. The van der Waals surface area contributed by atoms with Crippen LogP contribution in [0.2, 0.25) is 0 Å². The van der Waals surface area contributed by atoms with Crippen molar-refractivity contribution in [2.45, 2.75) is 24.5 Å². The third kappa shape index (κ3) is 3.25. The number of imidazole rings is 2. The number of nitrogens with zero attached hydrogens (tertiary/aromatic N) is 5. The lowest BCUT2D eigenvalue weighted by molar-refractivity contribution is -0.245. The molecule has 15 heteroatoms. The normalized spacial score (nSPS) is 28.9. The second kappa shape index (κ2) is 7.56. The van der Waals surface area contributed by atoms with E-state index in [9.17, 15) is 19.4 Å². The van der Waals surface area contributed by atoms with Crippen LogP contribution in [0.4, 0.5) is 5.69 Å². The predicted molar refractivity (Wildman–Crippen MR) is 118 cm³/mol. The maximum Gasteiger partial charge on any atom is 1.00 e. The largest absolute Gasteiger partial charge is 1.00 e. The number of nitrogens with one attached hydrogen (secondary N) is 1. The van der Waals surface area contributed by atoms with Gasteiger partial charge in [0.15, 0.2) is 27.8 Å². The summed E-state index contributed by atoms with van der Waals surface area (Å²) in [5.41, 5.74) is 1.49. The SMILES string of the molecule is [C-]#[N+]c1ccc(-c2cn3c(=O)c4nc(Br)n([C@@H]5OC6COP(=O)([O-])O[C@H]6C5O)c4nc3[nH]2)cc1.[H+]. The van der Waals surface area contributed by atoms with E-state index in [0.717, 1.165) is 5.56 Å². The molecule has 5 heterocycles. The number of fused-ring (bicyclic) bond motifs is 3. The second-order valence-electron chi connectivity index (χ2n) is 7.73. The van der Waals surface area contributed by atoms with Crippen LogP contribution < -0.4 is 10.5 Å². The monoisotopic (exact) mass is 548 g/mol. The lowest BCUT2D eigenvalue weighted by Crippen LogP contribution is -2.41. The first-order valence-electron chi connectivity index (χ1n) is 9.90. The van der Waals surface area contributed by atoms with Gasteiger partial charge in [-0.2, -0.15) is 4.98 Å². The van der Waals surface area contributed by atoms with Crippen molar-refractivity contribution >= 4 is 46.4 Å². The van der Waals surface area contributed by atoms with Gasteiger partial charge >= 0.3 is 1.43 Å². The van der Waals surface area contributed by atoms with Crippen LogP contribution in [0.3, 0.4) is 0 Å². The highest BCUT2D eigenvalue weighted by Gasteiger charge is 2.51.